The van der Waals surface area contributed by atoms with Crippen molar-refractivity contribution in [3.05, 3.63) is 48.2 Å². The van der Waals surface area contributed by atoms with Crippen molar-refractivity contribution in [1.29, 1.82) is 0 Å². The van der Waals surface area contributed by atoms with Gasteiger partial charge in [-0.2, -0.15) is 0 Å². The SMILES string of the molecule is Cc1ccn2cc(-c3nccnc3C)nc2c1. The van der Waals surface area contributed by atoms with Gasteiger partial charge in [0.25, 0.3) is 0 Å². The molecule has 0 N–H and O–H groups in total. The van der Waals surface area contributed by atoms with Crippen molar-refractivity contribution in [2.75, 3.05) is 0 Å². The van der Waals surface area contributed by atoms with Gasteiger partial charge >= 0.3 is 0 Å². The van der Waals surface area contributed by atoms with Crippen molar-refractivity contribution >= 4 is 5.65 Å². The van der Waals surface area contributed by atoms with E-state index in [4.69, 9.17) is 0 Å². The second-order valence-corrected chi connectivity index (χ2v) is 4.09. The molecule has 0 aliphatic rings. The fourth-order valence-corrected chi connectivity index (χ4v) is 1.86. The molecule has 4 heteroatoms. The number of nitrogens with zero attached hydrogens (tertiary/aromatic N) is 4. The topological polar surface area (TPSA) is 43.1 Å². The van der Waals surface area contributed by atoms with Crippen molar-refractivity contribution < 1.29 is 0 Å². The molecule has 0 fully saturated rings. The Morgan fingerprint density at radius 1 is 1.12 bits per heavy atom. The summed E-state index contributed by atoms with van der Waals surface area (Å²) in [6, 6.07) is 4.11. The van der Waals surface area contributed by atoms with E-state index in [1.54, 1.807) is 12.4 Å². The molecule has 84 valence electrons. The van der Waals surface area contributed by atoms with Gasteiger partial charge in [0.15, 0.2) is 0 Å². The first-order chi connectivity index (χ1) is 8.24. The van der Waals surface area contributed by atoms with Crippen molar-refractivity contribution in [1.82, 2.24) is 19.4 Å². The summed E-state index contributed by atoms with van der Waals surface area (Å²) in [5, 5.41) is 0. The van der Waals surface area contributed by atoms with Crippen LogP contribution in [0.3, 0.4) is 0 Å². The van der Waals surface area contributed by atoms with E-state index in [9.17, 15) is 0 Å². The van der Waals surface area contributed by atoms with Crippen LogP contribution in [0.15, 0.2) is 36.9 Å². The number of hydrogen-bond acceptors (Lipinski definition) is 3. The van der Waals surface area contributed by atoms with Crippen LogP contribution in [0.25, 0.3) is 17.0 Å². The Hall–Kier alpha value is -2.23. The Kier molecular flexibility index (Phi) is 2.14. The zero-order valence-corrected chi connectivity index (χ0v) is 9.75. The van der Waals surface area contributed by atoms with Crippen LogP contribution in [-0.2, 0) is 0 Å². The highest BCUT2D eigenvalue weighted by Crippen LogP contribution is 2.19. The summed E-state index contributed by atoms with van der Waals surface area (Å²) in [6.07, 6.45) is 7.37. The van der Waals surface area contributed by atoms with Crippen LogP contribution in [0, 0.1) is 13.8 Å². The molecule has 0 aromatic carbocycles. The normalized spacial score (nSPS) is 10.9. The Balaban J connectivity index is 2.22. The molecule has 0 spiro atoms. The van der Waals surface area contributed by atoms with Crippen LogP contribution in [0.2, 0.25) is 0 Å². The van der Waals surface area contributed by atoms with Crippen molar-refractivity contribution in [3.63, 3.8) is 0 Å². The first-order valence-electron chi connectivity index (χ1n) is 5.47. The van der Waals surface area contributed by atoms with Gasteiger partial charge < -0.3 is 4.40 Å². The number of aryl methyl sites for hydroxylation is 2. The van der Waals surface area contributed by atoms with Gasteiger partial charge in [-0.15, -0.1) is 0 Å². The lowest BCUT2D eigenvalue weighted by atomic mass is 10.2. The minimum absolute atomic E-state index is 0.842. The molecule has 4 nitrogen and oxygen atoms in total. The van der Waals surface area contributed by atoms with Gasteiger partial charge in [-0.25, -0.2) is 4.98 Å². The first-order valence-corrected chi connectivity index (χ1v) is 5.47. The fraction of sp³-hybridized carbons (Fsp3) is 0.154. The van der Waals surface area contributed by atoms with Crippen molar-refractivity contribution in [2.24, 2.45) is 0 Å². The first kappa shape index (κ1) is 9.96. The molecule has 0 saturated carbocycles. The monoisotopic (exact) mass is 224 g/mol. The molecule has 17 heavy (non-hydrogen) atoms. The smallest absolute Gasteiger partial charge is 0.137 e. The highest BCUT2D eigenvalue weighted by Gasteiger charge is 2.08. The van der Waals surface area contributed by atoms with Gasteiger partial charge in [0.1, 0.15) is 17.0 Å². The Morgan fingerprint density at radius 2 is 1.94 bits per heavy atom. The summed E-state index contributed by atoms with van der Waals surface area (Å²) in [7, 11) is 0. The summed E-state index contributed by atoms with van der Waals surface area (Å²) in [5.41, 5.74) is 4.73. The Bertz CT molecular complexity index is 685. The predicted octanol–water partition coefficient (Wildman–Crippen LogP) is 2.41. The molecule has 0 unspecified atom stereocenters. The number of pyridine rings is 1. The number of aromatic nitrogens is 4. The van der Waals surface area contributed by atoms with E-state index in [-0.39, 0.29) is 0 Å². The van der Waals surface area contributed by atoms with Crippen LogP contribution in [0.5, 0.6) is 0 Å². The molecule has 3 aromatic heterocycles. The molecule has 3 heterocycles. The quantitative estimate of drug-likeness (QED) is 0.637. The Morgan fingerprint density at radius 3 is 2.76 bits per heavy atom. The summed E-state index contributed by atoms with van der Waals surface area (Å²) in [5.74, 6) is 0. The second kappa shape index (κ2) is 3.66. The average Bonchev–Trinajstić information content (AvgIpc) is 2.72. The maximum Gasteiger partial charge on any atom is 0.137 e. The largest absolute Gasteiger partial charge is 0.306 e. The number of rotatable bonds is 1. The summed E-state index contributed by atoms with van der Waals surface area (Å²) in [4.78, 5) is 13.1. The molecule has 0 aliphatic heterocycles. The highest BCUT2D eigenvalue weighted by atomic mass is 15.0. The highest BCUT2D eigenvalue weighted by molar-refractivity contribution is 5.60. The molecular formula is C13H12N4. The summed E-state index contributed by atoms with van der Waals surface area (Å²) < 4.78 is 2.00. The van der Waals surface area contributed by atoms with E-state index in [1.165, 1.54) is 5.56 Å². The lowest BCUT2D eigenvalue weighted by Crippen LogP contribution is -1.90. The lowest BCUT2D eigenvalue weighted by Gasteiger charge is -1.97. The number of imidazole rings is 1. The lowest BCUT2D eigenvalue weighted by molar-refractivity contribution is 1.11. The minimum atomic E-state index is 0.842. The third-order valence-corrected chi connectivity index (χ3v) is 2.74. The van der Waals surface area contributed by atoms with Gasteiger partial charge in [0.05, 0.1) is 5.69 Å². The Labute approximate surface area is 99.0 Å². The maximum atomic E-state index is 4.57. The number of hydrogen-bond donors (Lipinski definition) is 0. The minimum Gasteiger partial charge on any atom is -0.306 e. The third-order valence-electron chi connectivity index (χ3n) is 2.74. The van der Waals surface area contributed by atoms with Crippen LogP contribution < -0.4 is 0 Å². The van der Waals surface area contributed by atoms with E-state index >= 15 is 0 Å². The molecule has 0 atom stereocenters. The molecule has 3 aromatic rings. The van der Waals surface area contributed by atoms with Crippen LogP contribution in [0.4, 0.5) is 0 Å². The van der Waals surface area contributed by atoms with Gasteiger partial charge in [-0.1, -0.05) is 0 Å². The molecule has 0 aliphatic carbocycles. The molecule has 0 bridgehead atoms. The maximum absolute atomic E-state index is 4.57. The molecule has 0 saturated heterocycles. The van der Waals surface area contributed by atoms with Gasteiger partial charge in [-0.05, 0) is 31.5 Å². The third kappa shape index (κ3) is 1.67. The zero-order valence-electron chi connectivity index (χ0n) is 9.75. The van der Waals surface area contributed by atoms with Crippen LogP contribution >= 0.6 is 0 Å². The van der Waals surface area contributed by atoms with E-state index < -0.39 is 0 Å². The molecule has 0 amide bonds. The van der Waals surface area contributed by atoms with Crippen LogP contribution in [0.1, 0.15) is 11.3 Å². The van der Waals surface area contributed by atoms with E-state index in [2.05, 4.69) is 34.0 Å². The second-order valence-electron chi connectivity index (χ2n) is 4.09. The van der Waals surface area contributed by atoms with E-state index in [0.717, 1.165) is 22.7 Å². The van der Waals surface area contributed by atoms with Gasteiger partial charge in [0.2, 0.25) is 0 Å². The zero-order chi connectivity index (χ0) is 11.8. The molecular weight excluding hydrogens is 212 g/mol. The molecule has 3 rings (SSSR count). The number of fused-ring (bicyclic) bond motifs is 1. The standard InChI is InChI=1S/C13H12N4/c1-9-3-6-17-8-11(16-12(17)7-9)13-10(2)14-4-5-15-13/h3-8H,1-2H3. The average molecular weight is 224 g/mol. The predicted molar refractivity (Wildman–Crippen MR) is 65.7 cm³/mol. The van der Waals surface area contributed by atoms with E-state index in [1.807, 2.05) is 23.7 Å². The van der Waals surface area contributed by atoms with Gasteiger partial charge in [0, 0.05) is 24.8 Å². The molecule has 0 radical (unpaired) electrons. The van der Waals surface area contributed by atoms with Crippen LogP contribution in [-0.4, -0.2) is 19.4 Å². The van der Waals surface area contributed by atoms with Crippen molar-refractivity contribution in [3.8, 4) is 11.4 Å². The van der Waals surface area contributed by atoms with Gasteiger partial charge in [-0.3, -0.25) is 9.97 Å². The van der Waals surface area contributed by atoms with E-state index in [0.29, 0.717) is 0 Å². The summed E-state index contributed by atoms with van der Waals surface area (Å²) >= 11 is 0. The fourth-order valence-electron chi connectivity index (χ4n) is 1.86. The van der Waals surface area contributed by atoms with Crippen molar-refractivity contribution in [2.45, 2.75) is 13.8 Å². The summed E-state index contributed by atoms with van der Waals surface area (Å²) in [6.45, 7) is 4.00.